The summed E-state index contributed by atoms with van der Waals surface area (Å²) in [5, 5.41) is 0.467. The first-order chi connectivity index (χ1) is 12.4. The fourth-order valence-electron chi connectivity index (χ4n) is 3.39. The van der Waals surface area contributed by atoms with Crippen LogP contribution in [0.25, 0.3) is 10.9 Å². The van der Waals surface area contributed by atoms with E-state index in [0.29, 0.717) is 23.7 Å². The average Bonchev–Trinajstić information content (AvgIpc) is 2.54. The summed E-state index contributed by atoms with van der Waals surface area (Å²) in [7, 11) is 0.310. The van der Waals surface area contributed by atoms with Gasteiger partial charge in [0.25, 0.3) is 5.56 Å². The fourth-order valence-corrected chi connectivity index (χ4v) is 4.20. The number of fused-ring (bicyclic) bond motifs is 1. The molecule has 148 valence electrons. The van der Waals surface area contributed by atoms with Crippen LogP contribution in [0.5, 0.6) is 0 Å². The first-order valence-electron chi connectivity index (χ1n) is 9.33. The topological polar surface area (TPSA) is 64.0 Å². The molecule has 1 aromatic heterocycles. The molecule has 1 heterocycles. The van der Waals surface area contributed by atoms with Crippen LogP contribution in [0.1, 0.15) is 70.0 Å². The van der Waals surface area contributed by atoms with Crippen LogP contribution in [0.2, 0.25) is 0 Å². The number of hydrogen-bond acceptors (Lipinski definition) is 3. The molecule has 2 aromatic rings. The minimum Gasteiger partial charge on any atom is -0.297 e. The second kappa shape index (κ2) is 6.78. The predicted octanol–water partition coefficient (Wildman–Crippen LogP) is 3.70. The van der Waals surface area contributed by atoms with Crippen molar-refractivity contribution in [3.8, 4) is 0 Å². The van der Waals surface area contributed by atoms with Crippen molar-refractivity contribution >= 4 is 21.9 Å². The van der Waals surface area contributed by atoms with Crippen LogP contribution in [-0.2, 0) is 23.7 Å². The molecule has 2 atom stereocenters. The third kappa shape index (κ3) is 3.59. The van der Waals surface area contributed by atoms with Crippen molar-refractivity contribution < 1.29 is 8.60 Å². The zero-order valence-electron chi connectivity index (χ0n) is 16.9. The Hall–Kier alpha value is -1.60. The molecule has 1 aromatic carbocycles. The molecular weight excluding hydrogens is 365 g/mol. The number of rotatable bonds is 4. The molecule has 1 aliphatic carbocycles. The monoisotopic (exact) mass is 393 g/mol. The van der Waals surface area contributed by atoms with Crippen molar-refractivity contribution in [1.82, 2.24) is 14.3 Å². The number of nitrogens with one attached hydrogen (secondary N) is 1. The van der Waals surface area contributed by atoms with Gasteiger partial charge >= 0.3 is 0 Å². The van der Waals surface area contributed by atoms with E-state index in [1.165, 1.54) is 4.57 Å². The van der Waals surface area contributed by atoms with Gasteiger partial charge in [-0.25, -0.2) is 18.3 Å². The standard InChI is InChI=1S/C20H28FN3O2S/c1-12-10-14(13(2)23-27(26)19(3,4)5)16-15(11-12)17(25)24(6)18(22-16)20(21)8-7-9-20/h10-11,13,23H,7-9H2,1-6H3/t13-,27?/m1/s1. The Morgan fingerprint density at radius 3 is 2.48 bits per heavy atom. The maximum absolute atomic E-state index is 15.1. The predicted molar refractivity (Wildman–Crippen MR) is 108 cm³/mol. The molecule has 5 nitrogen and oxygen atoms in total. The smallest absolute Gasteiger partial charge is 0.261 e. The van der Waals surface area contributed by atoms with Crippen LogP contribution in [0.15, 0.2) is 16.9 Å². The molecule has 0 spiro atoms. The van der Waals surface area contributed by atoms with Gasteiger partial charge in [0.05, 0.1) is 26.6 Å². The van der Waals surface area contributed by atoms with Crippen LogP contribution >= 0.6 is 0 Å². The highest BCUT2D eigenvalue weighted by atomic mass is 32.2. The van der Waals surface area contributed by atoms with Crippen LogP contribution in [0, 0.1) is 6.92 Å². The minimum atomic E-state index is -1.53. The van der Waals surface area contributed by atoms with E-state index >= 15 is 4.39 Å². The van der Waals surface area contributed by atoms with Gasteiger partial charge in [-0.3, -0.25) is 9.36 Å². The van der Waals surface area contributed by atoms with E-state index < -0.39 is 21.4 Å². The van der Waals surface area contributed by atoms with E-state index in [0.717, 1.165) is 17.5 Å². The highest BCUT2D eigenvalue weighted by Gasteiger charge is 2.43. The lowest BCUT2D eigenvalue weighted by atomic mass is 9.81. The van der Waals surface area contributed by atoms with Gasteiger partial charge in [0.2, 0.25) is 0 Å². The number of nitrogens with zero attached hydrogens (tertiary/aromatic N) is 2. The van der Waals surface area contributed by atoms with Crippen molar-refractivity contribution in [2.45, 2.75) is 70.3 Å². The number of alkyl halides is 1. The summed E-state index contributed by atoms with van der Waals surface area (Å²) in [6.45, 7) is 9.49. The molecule has 0 amide bonds. The Morgan fingerprint density at radius 1 is 1.33 bits per heavy atom. The van der Waals surface area contributed by atoms with E-state index in [1.54, 1.807) is 13.1 Å². The fraction of sp³-hybridized carbons (Fsp3) is 0.600. The third-order valence-corrected chi connectivity index (χ3v) is 6.89. The number of benzene rings is 1. The maximum atomic E-state index is 15.1. The normalized spacial score (nSPS) is 18.9. The molecule has 0 bridgehead atoms. The van der Waals surface area contributed by atoms with E-state index in [-0.39, 0.29) is 17.4 Å². The molecular formula is C20H28FN3O2S. The summed E-state index contributed by atoms with van der Waals surface area (Å²) < 4.78 is 31.7. The molecule has 1 N–H and O–H groups in total. The van der Waals surface area contributed by atoms with Gasteiger partial charge in [0, 0.05) is 13.1 Å². The SMILES string of the molecule is Cc1cc([C@@H](C)NS(=O)C(C)(C)C)c2nc(C3(F)CCC3)n(C)c(=O)c2c1. The van der Waals surface area contributed by atoms with Gasteiger partial charge in [0.1, 0.15) is 5.82 Å². The average molecular weight is 394 g/mol. The molecule has 0 saturated heterocycles. The zero-order valence-corrected chi connectivity index (χ0v) is 17.7. The first-order valence-corrected chi connectivity index (χ1v) is 10.5. The van der Waals surface area contributed by atoms with Crippen LogP contribution in [-0.4, -0.2) is 18.5 Å². The maximum Gasteiger partial charge on any atom is 0.261 e. The highest BCUT2D eigenvalue weighted by Crippen LogP contribution is 2.44. The van der Waals surface area contributed by atoms with Crippen molar-refractivity contribution in [3.63, 3.8) is 0 Å². The van der Waals surface area contributed by atoms with E-state index in [2.05, 4.69) is 9.71 Å². The lowest BCUT2D eigenvalue weighted by Gasteiger charge is -2.34. The van der Waals surface area contributed by atoms with Gasteiger partial charge in [-0.1, -0.05) is 6.07 Å². The number of aryl methyl sites for hydroxylation is 1. The van der Waals surface area contributed by atoms with Gasteiger partial charge < -0.3 is 0 Å². The Kier molecular flexibility index (Phi) is 5.06. The number of aromatic nitrogens is 2. The van der Waals surface area contributed by atoms with Crippen LogP contribution in [0.4, 0.5) is 4.39 Å². The summed E-state index contributed by atoms with van der Waals surface area (Å²) in [4.78, 5) is 17.5. The van der Waals surface area contributed by atoms with Crippen molar-refractivity contribution in [1.29, 1.82) is 0 Å². The molecule has 1 saturated carbocycles. The third-order valence-electron chi connectivity index (χ3n) is 5.21. The number of hydrogen-bond donors (Lipinski definition) is 1. The second-order valence-electron chi connectivity index (χ2n) is 8.59. The molecule has 1 unspecified atom stereocenters. The lowest BCUT2D eigenvalue weighted by Crippen LogP contribution is -2.38. The van der Waals surface area contributed by atoms with Gasteiger partial charge in [-0.2, -0.15) is 0 Å². The van der Waals surface area contributed by atoms with Crippen molar-refractivity contribution in [3.05, 3.63) is 39.4 Å². The molecule has 1 fully saturated rings. The second-order valence-corrected chi connectivity index (χ2v) is 10.6. The Balaban J connectivity index is 2.18. The quantitative estimate of drug-likeness (QED) is 0.861. The van der Waals surface area contributed by atoms with Gasteiger partial charge in [-0.15, -0.1) is 0 Å². The van der Waals surface area contributed by atoms with Crippen LogP contribution < -0.4 is 10.3 Å². The molecule has 1 aliphatic rings. The Labute approximate surface area is 162 Å². The molecule has 7 heteroatoms. The Bertz CT molecular complexity index is 974. The van der Waals surface area contributed by atoms with E-state index in [9.17, 15) is 9.00 Å². The highest BCUT2D eigenvalue weighted by molar-refractivity contribution is 7.84. The first kappa shape index (κ1) is 20.1. The van der Waals surface area contributed by atoms with Gasteiger partial charge in [-0.05, 0) is 71.1 Å². The van der Waals surface area contributed by atoms with Crippen LogP contribution in [0.3, 0.4) is 0 Å². The largest absolute Gasteiger partial charge is 0.297 e. The number of halogens is 1. The Morgan fingerprint density at radius 2 is 1.96 bits per heavy atom. The summed E-state index contributed by atoms with van der Waals surface area (Å²) in [5.41, 5.74) is 0.402. The molecule has 3 rings (SSSR count). The minimum absolute atomic E-state index is 0.195. The van der Waals surface area contributed by atoms with E-state index in [1.807, 2.05) is 40.7 Å². The summed E-state index contributed by atoms with van der Waals surface area (Å²) in [6, 6.07) is 3.43. The van der Waals surface area contributed by atoms with E-state index in [4.69, 9.17) is 0 Å². The molecule has 0 radical (unpaired) electrons. The summed E-state index contributed by atoms with van der Waals surface area (Å²) in [6.07, 6.45) is 1.58. The molecule has 0 aliphatic heterocycles. The summed E-state index contributed by atoms with van der Waals surface area (Å²) in [5.74, 6) is 0.195. The van der Waals surface area contributed by atoms with Crippen molar-refractivity contribution in [2.24, 2.45) is 7.05 Å². The van der Waals surface area contributed by atoms with Crippen molar-refractivity contribution in [2.75, 3.05) is 0 Å². The zero-order chi connectivity index (χ0) is 20.1. The summed E-state index contributed by atoms with van der Waals surface area (Å²) >= 11 is 0. The lowest BCUT2D eigenvalue weighted by molar-refractivity contribution is 0.0465. The molecule has 27 heavy (non-hydrogen) atoms. The van der Waals surface area contributed by atoms with Gasteiger partial charge in [0.15, 0.2) is 5.67 Å².